The van der Waals surface area contributed by atoms with E-state index in [4.69, 9.17) is 9.73 Å². The smallest absolute Gasteiger partial charge is 0.216 e. The molecule has 0 aromatic heterocycles. The molecule has 3 nitrogen and oxygen atoms in total. The molecule has 0 amide bonds. The van der Waals surface area contributed by atoms with Crippen LogP contribution in [0.4, 0.5) is 0 Å². The zero-order valence-electron chi connectivity index (χ0n) is 14.6. The van der Waals surface area contributed by atoms with Crippen LogP contribution in [0, 0.1) is 12.8 Å². The van der Waals surface area contributed by atoms with E-state index in [2.05, 4.69) is 13.8 Å². The zero-order valence-corrected chi connectivity index (χ0v) is 14.6. The molecule has 0 unspecified atom stereocenters. The van der Waals surface area contributed by atoms with E-state index in [1.807, 2.05) is 55.5 Å². The maximum Gasteiger partial charge on any atom is 0.216 e. The average Bonchev–Trinajstić information content (AvgIpc) is 3.06. The second-order valence-electron chi connectivity index (χ2n) is 6.84. The Labute approximate surface area is 144 Å². The highest BCUT2D eigenvalue weighted by Crippen LogP contribution is 2.24. The summed E-state index contributed by atoms with van der Waals surface area (Å²) in [5, 5.41) is 10.6. The summed E-state index contributed by atoms with van der Waals surface area (Å²) in [5.74, 6) is 1.17. The number of hydrogen-bond acceptors (Lipinski definition) is 3. The third-order valence-electron chi connectivity index (χ3n) is 4.57. The number of hydrogen-bond donors (Lipinski definition) is 1. The molecule has 0 saturated carbocycles. The van der Waals surface area contributed by atoms with Gasteiger partial charge in [0.25, 0.3) is 0 Å². The summed E-state index contributed by atoms with van der Waals surface area (Å²) in [6.07, 6.45) is 0.0168. The van der Waals surface area contributed by atoms with Crippen molar-refractivity contribution < 1.29 is 9.84 Å². The van der Waals surface area contributed by atoms with Gasteiger partial charge in [0.2, 0.25) is 5.90 Å². The number of ether oxygens (including phenoxy) is 1. The van der Waals surface area contributed by atoms with Crippen molar-refractivity contribution >= 4 is 5.90 Å². The Morgan fingerprint density at radius 3 is 2.50 bits per heavy atom. The molecule has 24 heavy (non-hydrogen) atoms. The highest BCUT2D eigenvalue weighted by molar-refractivity contribution is 5.96. The molecule has 0 aliphatic carbocycles. The minimum atomic E-state index is -0.533. The summed E-state index contributed by atoms with van der Waals surface area (Å²) < 4.78 is 5.82. The molecule has 2 aromatic rings. The maximum atomic E-state index is 10.6. The average molecular weight is 323 g/mol. The molecule has 126 valence electrons. The molecular weight excluding hydrogens is 298 g/mol. The third-order valence-corrected chi connectivity index (χ3v) is 4.57. The monoisotopic (exact) mass is 323 g/mol. The molecular formula is C21H25NO2. The van der Waals surface area contributed by atoms with Crippen LogP contribution in [0.2, 0.25) is 0 Å². The molecule has 0 radical (unpaired) electrons. The van der Waals surface area contributed by atoms with E-state index >= 15 is 0 Å². The summed E-state index contributed by atoms with van der Waals surface area (Å²) in [5.41, 5.74) is 4.19. The van der Waals surface area contributed by atoms with Crippen LogP contribution < -0.4 is 0 Å². The van der Waals surface area contributed by atoms with Crippen LogP contribution in [-0.2, 0) is 11.2 Å². The lowest BCUT2D eigenvalue weighted by atomic mass is 9.97. The minimum absolute atomic E-state index is 0.218. The Morgan fingerprint density at radius 2 is 1.83 bits per heavy atom. The first-order valence-electron chi connectivity index (χ1n) is 8.58. The topological polar surface area (TPSA) is 41.8 Å². The molecule has 3 rings (SSSR count). The number of rotatable bonds is 5. The van der Waals surface area contributed by atoms with E-state index in [1.54, 1.807) is 0 Å². The predicted molar refractivity (Wildman–Crippen MR) is 97.4 cm³/mol. The number of benzene rings is 2. The van der Waals surface area contributed by atoms with Crippen LogP contribution in [0.15, 0.2) is 53.5 Å². The Kier molecular flexibility index (Phi) is 5.00. The molecule has 0 saturated heterocycles. The van der Waals surface area contributed by atoms with Crippen molar-refractivity contribution in [2.24, 2.45) is 10.9 Å². The Bertz CT molecular complexity index is 719. The van der Waals surface area contributed by atoms with Crippen LogP contribution in [0.1, 0.15) is 42.2 Å². The standard InChI is InChI=1S/C21H25NO2/c1-14(2)19-13-24-21(22-19)18-7-5-4-6-17(18)12-20(23)16-10-8-15(3)9-11-16/h4-11,14,19-20,23H,12-13H2,1-3H3/t19-,20-/m1/s1. The molecule has 0 spiro atoms. The molecule has 1 aliphatic rings. The van der Waals surface area contributed by atoms with Crippen LogP contribution in [-0.4, -0.2) is 23.7 Å². The van der Waals surface area contributed by atoms with E-state index in [1.165, 1.54) is 5.56 Å². The van der Waals surface area contributed by atoms with Crippen molar-refractivity contribution in [2.75, 3.05) is 6.61 Å². The van der Waals surface area contributed by atoms with Gasteiger partial charge in [0.1, 0.15) is 6.61 Å². The summed E-state index contributed by atoms with van der Waals surface area (Å²) in [6, 6.07) is 16.3. The Morgan fingerprint density at radius 1 is 1.12 bits per heavy atom. The molecule has 1 heterocycles. The number of nitrogens with zero attached hydrogens (tertiary/aromatic N) is 1. The quantitative estimate of drug-likeness (QED) is 0.901. The van der Waals surface area contributed by atoms with Gasteiger partial charge in [-0.05, 0) is 30.0 Å². The van der Waals surface area contributed by atoms with Crippen LogP contribution in [0.25, 0.3) is 0 Å². The minimum Gasteiger partial charge on any atom is -0.475 e. The third kappa shape index (κ3) is 3.68. The molecule has 3 heteroatoms. The summed E-state index contributed by atoms with van der Waals surface area (Å²) in [7, 11) is 0. The lowest BCUT2D eigenvalue weighted by molar-refractivity contribution is 0.178. The van der Waals surface area contributed by atoms with Crippen molar-refractivity contribution in [1.82, 2.24) is 0 Å². The SMILES string of the molecule is Cc1ccc([C@H](O)Cc2ccccc2C2=N[C@@H](C(C)C)CO2)cc1. The van der Waals surface area contributed by atoms with E-state index in [0.717, 1.165) is 16.7 Å². The van der Waals surface area contributed by atoms with Crippen molar-refractivity contribution in [3.05, 3.63) is 70.8 Å². The van der Waals surface area contributed by atoms with Crippen molar-refractivity contribution in [2.45, 2.75) is 39.3 Å². The van der Waals surface area contributed by atoms with Gasteiger partial charge in [-0.25, -0.2) is 4.99 Å². The molecule has 1 aliphatic heterocycles. The van der Waals surface area contributed by atoms with Crippen LogP contribution in [0.3, 0.4) is 0 Å². The van der Waals surface area contributed by atoms with E-state index in [-0.39, 0.29) is 6.04 Å². The molecule has 0 bridgehead atoms. The van der Waals surface area contributed by atoms with Gasteiger partial charge in [0.15, 0.2) is 0 Å². The van der Waals surface area contributed by atoms with Gasteiger partial charge in [-0.3, -0.25) is 0 Å². The summed E-state index contributed by atoms with van der Waals surface area (Å²) >= 11 is 0. The fourth-order valence-corrected chi connectivity index (χ4v) is 2.90. The number of aliphatic hydroxyl groups is 1. The van der Waals surface area contributed by atoms with Crippen molar-refractivity contribution in [3.63, 3.8) is 0 Å². The molecule has 1 N–H and O–H groups in total. The second-order valence-corrected chi connectivity index (χ2v) is 6.84. The van der Waals surface area contributed by atoms with Gasteiger partial charge in [0.05, 0.1) is 12.1 Å². The number of aliphatic hydroxyl groups excluding tert-OH is 1. The maximum absolute atomic E-state index is 10.6. The van der Waals surface area contributed by atoms with Gasteiger partial charge in [-0.15, -0.1) is 0 Å². The second kappa shape index (κ2) is 7.18. The highest BCUT2D eigenvalue weighted by Gasteiger charge is 2.24. The highest BCUT2D eigenvalue weighted by atomic mass is 16.5. The van der Waals surface area contributed by atoms with Gasteiger partial charge in [-0.2, -0.15) is 0 Å². The number of aryl methyl sites for hydroxylation is 1. The first kappa shape index (κ1) is 16.7. The fraction of sp³-hybridized carbons (Fsp3) is 0.381. The Hall–Kier alpha value is -2.13. The van der Waals surface area contributed by atoms with Gasteiger partial charge in [-0.1, -0.05) is 61.9 Å². The van der Waals surface area contributed by atoms with Crippen molar-refractivity contribution in [3.8, 4) is 0 Å². The molecule has 0 fully saturated rings. The molecule has 2 atom stereocenters. The van der Waals surface area contributed by atoms with Crippen molar-refractivity contribution in [1.29, 1.82) is 0 Å². The summed E-state index contributed by atoms with van der Waals surface area (Å²) in [4.78, 5) is 4.72. The lowest BCUT2D eigenvalue weighted by Crippen LogP contribution is -2.13. The number of aliphatic imine (C=N–C) groups is 1. The normalized spacial score (nSPS) is 18.4. The van der Waals surface area contributed by atoms with Gasteiger partial charge >= 0.3 is 0 Å². The van der Waals surface area contributed by atoms with E-state index in [0.29, 0.717) is 24.8 Å². The Balaban J connectivity index is 1.82. The zero-order chi connectivity index (χ0) is 17.1. The van der Waals surface area contributed by atoms with Crippen LogP contribution in [0.5, 0.6) is 0 Å². The lowest BCUT2D eigenvalue weighted by Gasteiger charge is -2.14. The van der Waals surface area contributed by atoms with Crippen LogP contribution >= 0.6 is 0 Å². The van der Waals surface area contributed by atoms with Gasteiger partial charge < -0.3 is 9.84 Å². The van der Waals surface area contributed by atoms with E-state index < -0.39 is 6.10 Å². The predicted octanol–water partition coefficient (Wildman–Crippen LogP) is 4.07. The van der Waals surface area contributed by atoms with Gasteiger partial charge in [0, 0.05) is 12.0 Å². The fourth-order valence-electron chi connectivity index (χ4n) is 2.90. The largest absolute Gasteiger partial charge is 0.475 e. The first-order valence-corrected chi connectivity index (χ1v) is 8.58. The summed E-state index contributed by atoms with van der Waals surface area (Å²) in [6.45, 7) is 7.01. The first-order chi connectivity index (χ1) is 11.5. The van der Waals surface area contributed by atoms with E-state index in [9.17, 15) is 5.11 Å². The molecule has 2 aromatic carbocycles.